The van der Waals surface area contributed by atoms with Gasteiger partial charge in [0, 0.05) is 38.8 Å². The number of amides is 2. The van der Waals surface area contributed by atoms with Gasteiger partial charge in [0.2, 0.25) is 0 Å². The number of hydrogen-bond donors (Lipinski definition) is 2. The smallest absolute Gasteiger partial charge is 0.323 e. The molecule has 0 aliphatic carbocycles. The molecule has 2 amide bonds. The average Bonchev–Trinajstić information content (AvgIpc) is 2.76. The maximum Gasteiger partial charge on any atom is 0.323 e. The van der Waals surface area contributed by atoms with Crippen molar-refractivity contribution in [3.8, 4) is 0 Å². The molecule has 112 valence electrons. The number of nitrogens with one attached hydrogen (secondary N) is 2. The number of rotatable bonds is 5. The van der Waals surface area contributed by atoms with Crippen molar-refractivity contribution in [2.24, 2.45) is 0 Å². The molecule has 1 unspecified atom stereocenters. The number of carbonyl (C=O) groups excluding carboxylic acids is 1. The third kappa shape index (κ3) is 2.71. The van der Waals surface area contributed by atoms with Gasteiger partial charge < -0.3 is 29.6 Å². The summed E-state index contributed by atoms with van der Waals surface area (Å²) in [4.78, 5) is 11.2. The second kappa shape index (κ2) is 6.36. The largest absolute Gasteiger partial charge is 0.382 e. The van der Waals surface area contributed by atoms with Crippen LogP contribution in [-0.4, -0.2) is 58.4 Å². The van der Waals surface area contributed by atoms with Gasteiger partial charge in [0.05, 0.1) is 6.61 Å². The van der Waals surface area contributed by atoms with E-state index in [1.807, 2.05) is 0 Å². The molecule has 4 atom stereocenters. The van der Waals surface area contributed by atoms with Crippen molar-refractivity contribution >= 4 is 6.03 Å². The minimum atomic E-state index is -0.384. The summed E-state index contributed by atoms with van der Waals surface area (Å²) in [5, 5.41) is 5.19. The van der Waals surface area contributed by atoms with Crippen molar-refractivity contribution in [1.82, 2.24) is 10.6 Å². The summed E-state index contributed by atoms with van der Waals surface area (Å²) >= 11 is 0. The topological polar surface area (TPSA) is 78.1 Å². The zero-order valence-corrected chi connectivity index (χ0v) is 11.8. The third-order valence-corrected chi connectivity index (χ3v) is 3.46. The normalized spacial score (nSPS) is 33.6. The van der Waals surface area contributed by atoms with Gasteiger partial charge in [-0.25, -0.2) is 4.79 Å². The van der Waals surface area contributed by atoms with Crippen LogP contribution in [0.1, 0.15) is 0 Å². The quantitative estimate of drug-likeness (QED) is 0.751. The van der Waals surface area contributed by atoms with E-state index in [1.165, 1.54) is 0 Å². The van der Waals surface area contributed by atoms with Crippen LogP contribution in [0.25, 0.3) is 0 Å². The number of ether oxygens (including phenoxy) is 4. The fourth-order valence-electron chi connectivity index (χ4n) is 2.55. The summed E-state index contributed by atoms with van der Waals surface area (Å²) in [5.41, 5.74) is 1.23. The fraction of sp³-hybridized carbons (Fsp3) is 0.615. The summed E-state index contributed by atoms with van der Waals surface area (Å²) < 4.78 is 22.1. The van der Waals surface area contributed by atoms with Gasteiger partial charge in [-0.15, -0.1) is 0 Å². The predicted octanol–water partition coefficient (Wildman–Crippen LogP) is 0.141. The Morgan fingerprint density at radius 3 is 2.55 bits per heavy atom. The van der Waals surface area contributed by atoms with Crippen molar-refractivity contribution < 1.29 is 23.7 Å². The summed E-state index contributed by atoms with van der Waals surface area (Å²) in [5.74, 6) is 0. The molecular formula is C13H20N2O5. The van der Waals surface area contributed by atoms with Gasteiger partial charge in [0.1, 0.15) is 24.4 Å². The second-order valence-electron chi connectivity index (χ2n) is 4.63. The number of urea groups is 1. The second-order valence-corrected chi connectivity index (χ2v) is 4.63. The highest BCUT2D eigenvalue weighted by molar-refractivity contribution is 5.80. The number of carbonyl (C=O) groups is 1. The van der Waals surface area contributed by atoms with Crippen LogP contribution in [0.5, 0.6) is 0 Å². The first-order chi connectivity index (χ1) is 9.62. The van der Waals surface area contributed by atoms with Crippen LogP contribution in [0.2, 0.25) is 0 Å². The first-order valence-electron chi connectivity index (χ1n) is 6.29. The minimum Gasteiger partial charge on any atom is -0.382 e. The Morgan fingerprint density at radius 2 is 2.00 bits per heavy atom. The van der Waals surface area contributed by atoms with Crippen molar-refractivity contribution in [2.45, 2.75) is 24.4 Å². The molecule has 2 N–H and O–H groups in total. The highest BCUT2D eigenvalue weighted by atomic mass is 16.6. The van der Waals surface area contributed by atoms with Gasteiger partial charge in [0.15, 0.2) is 0 Å². The van der Waals surface area contributed by atoms with Crippen molar-refractivity contribution in [1.29, 1.82) is 0 Å². The SMILES string of the molecule is C=C1NC(=O)NC=C1[C@@H]1O[C@H](COC)C(OC)[C@@H]1OC. The fourth-order valence-corrected chi connectivity index (χ4v) is 2.55. The monoisotopic (exact) mass is 284 g/mol. The lowest BCUT2D eigenvalue weighted by Crippen LogP contribution is -2.43. The standard InChI is InChI=1S/C13H20N2O5/c1-7-8(5-14-13(16)15-7)10-12(19-4)11(18-3)9(20-10)6-17-2/h5,9-12H,1,6H2,2-4H3,(H2,14,15,16)/t9-,10+,11?,12-/m1/s1. The molecule has 0 aromatic carbocycles. The van der Waals surface area contributed by atoms with E-state index in [4.69, 9.17) is 18.9 Å². The van der Waals surface area contributed by atoms with Gasteiger partial charge in [0.25, 0.3) is 0 Å². The molecule has 0 spiro atoms. The highest BCUT2D eigenvalue weighted by Gasteiger charge is 2.47. The Labute approximate surface area is 117 Å². The van der Waals surface area contributed by atoms with E-state index in [9.17, 15) is 4.79 Å². The Hall–Kier alpha value is -1.41. The van der Waals surface area contributed by atoms with E-state index in [-0.39, 0.29) is 30.4 Å². The maximum atomic E-state index is 11.2. The number of methoxy groups -OCH3 is 3. The molecule has 0 radical (unpaired) electrons. The lowest BCUT2D eigenvalue weighted by Gasteiger charge is -2.26. The van der Waals surface area contributed by atoms with Gasteiger partial charge >= 0.3 is 6.03 Å². The van der Waals surface area contributed by atoms with Crippen molar-refractivity contribution in [2.75, 3.05) is 27.9 Å². The molecule has 0 aromatic rings. The molecule has 0 aromatic heterocycles. The van der Waals surface area contributed by atoms with Crippen LogP contribution >= 0.6 is 0 Å². The summed E-state index contributed by atoms with van der Waals surface area (Å²) in [6, 6.07) is -0.317. The molecule has 2 heterocycles. The molecule has 7 nitrogen and oxygen atoms in total. The third-order valence-electron chi connectivity index (χ3n) is 3.46. The van der Waals surface area contributed by atoms with Crippen LogP contribution in [0, 0.1) is 0 Å². The highest BCUT2D eigenvalue weighted by Crippen LogP contribution is 2.32. The first kappa shape index (κ1) is 15.0. The predicted molar refractivity (Wildman–Crippen MR) is 71.0 cm³/mol. The summed E-state index contributed by atoms with van der Waals surface area (Å²) in [7, 11) is 4.81. The molecule has 2 aliphatic heterocycles. The van der Waals surface area contributed by atoms with E-state index in [1.54, 1.807) is 27.5 Å². The molecule has 2 rings (SSSR count). The van der Waals surface area contributed by atoms with Crippen LogP contribution in [0.4, 0.5) is 4.79 Å². The zero-order valence-electron chi connectivity index (χ0n) is 11.8. The molecular weight excluding hydrogens is 264 g/mol. The van der Waals surface area contributed by atoms with Crippen LogP contribution in [0.15, 0.2) is 24.0 Å². The first-order valence-corrected chi connectivity index (χ1v) is 6.29. The van der Waals surface area contributed by atoms with Crippen molar-refractivity contribution in [3.63, 3.8) is 0 Å². The Balaban J connectivity index is 2.22. The molecule has 1 saturated heterocycles. The van der Waals surface area contributed by atoms with E-state index in [2.05, 4.69) is 17.2 Å². The van der Waals surface area contributed by atoms with Crippen LogP contribution in [0.3, 0.4) is 0 Å². The van der Waals surface area contributed by atoms with Gasteiger partial charge in [-0.2, -0.15) is 0 Å². The van der Waals surface area contributed by atoms with Crippen molar-refractivity contribution in [3.05, 3.63) is 24.0 Å². The Bertz CT molecular complexity index is 423. The lowest BCUT2D eigenvalue weighted by molar-refractivity contribution is -0.0468. The van der Waals surface area contributed by atoms with E-state index >= 15 is 0 Å². The lowest BCUT2D eigenvalue weighted by atomic mass is 9.99. The van der Waals surface area contributed by atoms with Crippen LogP contribution in [-0.2, 0) is 18.9 Å². The van der Waals surface area contributed by atoms with Crippen LogP contribution < -0.4 is 10.6 Å². The van der Waals surface area contributed by atoms with Gasteiger partial charge in [-0.3, -0.25) is 0 Å². The minimum absolute atomic E-state index is 0.244. The Kier molecular flexibility index (Phi) is 4.77. The summed E-state index contributed by atoms with van der Waals surface area (Å²) in [6.07, 6.45) is 0.396. The maximum absolute atomic E-state index is 11.2. The molecule has 7 heteroatoms. The van der Waals surface area contributed by atoms with Gasteiger partial charge in [-0.05, 0) is 0 Å². The zero-order chi connectivity index (χ0) is 14.7. The average molecular weight is 284 g/mol. The molecule has 1 fully saturated rings. The molecule has 2 aliphatic rings. The molecule has 0 saturated carbocycles. The van der Waals surface area contributed by atoms with E-state index < -0.39 is 0 Å². The van der Waals surface area contributed by atoms with E-state index in [0.717, 1.165) is 5.57 Å². The molecule has 0 bridgehead atoms. The van der Waals surface area contributed by atoms with E-state index in [0.29, 0.717) is 12.3 Å². The molecule has 20 heavy (non-hydrogen) atoms. The summed E-state index contributed by atoms with van der Waals surface area (Å²) in [6.45, 7) is 4.23. The Morgan fingerprint density at radius 1 is 1.30 bits per heavy atom. The number of hydrogen-bond acceptors (Lipinski definition) is 5. The van der Waals surface area contributed by atoms with Gasteiger partial charge in [-0.1, -0.05) is 6.58 Å².